The van der Waals surface area contributed by atoms with Crippen LogP contribution in [-0.2, 0) is 4.79 Å². The lowest BCUT2D eigenvalue weighted by atomic mass is 10.1. The summed E-state index contributed by atoms with van der Waals surface area (Å²) in [6, 6.07) is 19.3. The molecule has 1 saturated carbocycles. The van der Waals surface area contributed by atoms with Crippen molar-refractivity contribution >= 4 is 17.6 Å². The van der Waals surface area contributed by atoms with Crippen LogP contribution in [0.2, 0.25) is 0 Å². The molecule has 8 heteroatoms. The smallest absolute Gasteiger partial charge is 0.254 e. The molecule has 2 amide bonds. The highest BCUT2D eigenvalue weighted by atomic mass is 16.5. The first-order valence-electron chi connectivity index (χ1n) is 13.4. The van der Waals surface area contributed by atoms with Crippen molar-refractivity contribution in [3.8, 4) is 17.0 Å². The Morgan fingerprint density at radius 1 is 0.974 bits per heavy atom. The molecule has 2 fully saturated rings. The van der Waals surface area contributed by atoms with Crippen molar-refractivity contribution in [2.45, 2.75) is 26.2 Å². The number of amides is 2. The Labute approximate surface area is 224 Å². The van der Waals surface area contributed by atoms with Gasteiger partial charge >= 0.3 is 0 Å². The number of hydrogen-bond donors (Lipinski definition) is 0. The third-order valence-corrected chi connectivity index (χ3v) is 7.35. The largest absolute Gasteiger partial charge is 0.497 e. The minimum Gasteiger partial charge on any atom is -0.497 e. The Bertz CT molecular complexity index is 1270. The zero-order valence-corrected chi connectivity index (χ0v) is 22.2. The quantitative estimate of drug-likeness (QED) is 0.452. The van der Waals surface area contributed by atoms with Gasteiger partial charge in [0.15, 0.2) is 5.82 Å². The van der Waals surface area contributed by atoms with Gasteiger partial charge in [0.05, 0.1) is 12.8 Å². The molecule has 198 valence electrons. The third kappa shape index (κ3) is 6.13. The van der Waals surface area contributed by atoms with Crippen LogP contribution in [0, 0.1) is 12.8 Å². The Balaban J connectivity index is 1.21. The summed E-state index contributed by atoms with van der Waals surface area (Å²) in [5.74, 6) is 2.05. The van der Waals surface area contributed by atoms with Crippen LogP contribution >= 0.6 is 0 Å². The van der Waals surface area contributed by atoms with Gasteiger partial charge in [-0.2, -0.15) is 0 Å². The van der Waals surface area contributed by atoms with Crippen molar-refractivity contribution in [2.75, 3.05) is 51.3 Å². The van der Waals surface area contributed by atoms with E-state index in [1.54, 1.807) is 12.0 Å². The van der Waals surface area contributed by atoms with Crippen molar-refractivity contribution < 1.29 is 14.3 Å². The van der Waals surface area contributed by atoms with Crippen LogP contribution in [0.3, 0.4) is 0 Å². The summed E-state index contributed by atoms with van der Waals surface area (Å²) < 4.78 is 5.31. The number of aryl methyl sites for hydroxylation is 1. The minimum absolute atomic E-state index is 0.00823. The van der Waals surface area contributed by atoms with Crippen LogP contribution < -0.4 is 9.64 Å². The molecule has 1 saturated heterocycles. The predicted octanol–water partition coefficient (Wildman–Crippen LogP) is 4.05. The average molecular weight is 514 g/mol. The number of ether oxygens (including phenoxy) is 1. The third-order valence-electron chi connectivity index (χ3n) is 7.35. The lowest BCUT2D eigenvalue weighted by Gasteiger charge is -2.27. The van der Waals surface area contributed by atoms with Gasteiger partial charge in [0, 0.05) is 43.9 Å². The van der Waals surface area contributed by atoms with E-state index in [0.717, 1.165) is 54.2 Å². The number of carbonyl (C=O) groups is 2. The molecule has 2 aromatic carbocycles. The summed E-state index contributed by atoms with van der Waals surface area (Å²) in [5.41, 5.74) is 3.36. The first kappa shape index (κ1) is 25.7. The molecule has 1 aliphatic carbocycles. The van der Waals surface area contributed by atoms with Gasteiger partial charge in [-0.3, -0.25) is 9.59 Å². The topological polar surface area (TPSA) is 78.9 Å². The average Bonchev–Trinajstić information content (AvgIpc) is 3.79. The fourth-order valence-corrected chi connectivity index (χ4v) is 4.90. The number of aromatic nitrogens is 2. The molecule has 5 rings (SSSR count). The summed E-state index contributed by atoms with van der Waals surface area (Å²) in [4.78, 5) is 32.5. The highest BCUT2D eigenvalue weighted by Gasteiger charge is 2.30. The van der Waals surface area contributed by atoms with Crippen LogP contribution in [0.15, 0.2) is 60.7 Å². The molecule has 3 aromatic rings. The van der Waals surface area contributed by atoms with Gasteiger partial charge in [0.1, 0.15) is 12.3 Å². The molecule has 0 radical (unpaired) electrons. The Hall–Kier alpha value is -3.94. The fraction of sp³-hybridized carbons (Fsp3) is 0.400. The molecule has 1 aliphatic heterocycles. The number of hydrogen-bond acceptors (Lipinski definition) is 6. The fourth-order valence-electron chi connectivity index (χ4n) is 4.90. The van der Waals surface area contributed by atoms with Crippen LogP contribution in [0.4, 0.5) is 5.82 Å². The van der Waals surface area contributed by atoms with Crippen molar-refractivity contribution in [3.63, 3.8) is 0 Å². The van der Waals surface area contributed by atoms with Crippen LogP contribution in [-0.4, -0.2) is 78.2 Å². The van der Waals surface area contributed by atoms with Gasteiger partial charge in [-0.15, -0.1) is 10.2 Å². The second-order valence-electron chi connectivity index (χ2n) is 10.2. The lowest BCUT2D eigenvalue weighted by molar-refractivity contribution is -0.131. The van der Waals surface area contributed by atoms with E-state index < -0.39 is 0 Å². The first-order chi connectivity index (χ1) is 18.5. The lowest BCUT2D eigenvalue weighted by Crippen LogP contribution is -2.45. The molecule has 2 aliphatic rings. The summed E-state index contributed by atoms with van der Waals surface area (Å²) >= 11 is 0. The van der Waals surface area contributed by atoms with Gasteiger partial charge in [0.2, 0.25) is 5.91 Å². The van der Waals surface area contributed by atoms with Crippen molar-refractivity contribution in [1.82, 2.24) is 20.0 Å². The maximum atomic E-state index is 13.4. The van der Waals surface area contributed by atoms with E-state index in [0.29, 0.717) is 37.7 Å². The standard InChI is InChI=1S/C30H35N5O3/c1-22-7-3-4-10-26(22)30(37)35(20-23-11-12-23)21-29(36)34-16-6-15-33(17-18-34)28-14-13-27(31-32-28)24-8-5-9-25(19-24)38-2/h3-5,7-10,13-14,19,23H,6,11-12,15-18,20-21H2,1-2H3. The highest BCUT2D eigenvalue weighted by molar-refractivity contribution is 5.97. The molecule has 0 N–H and O–H groups in total. The normalized spacial score (nSPS) is 15.6. The highest BCUT2D eigenvalue weighted by Crippen LogP contribution is 2.30. The Morgan fingerprint density at radius 3 is 2.55 bits per heavy atom. The van der Waals surface area contributed by atoms with Crippen molar-refractivity contribution in [2.24, 2.45) is 5.92 Å². The van der Waals surface area contributed by atoms with E-state index in [9.17, 15) is 9.59 Å². The second-order valence-corrected chi connectivity index (χ2v) is 10.2. The van der Waals surface area contributed by atoms with E-state index in [1.807, 2.05) is 72.5 Å². The molecule has 0 spiro atoms. The van der Waals surface area contributed by atoms with E-state index in [4.69, 9.17) is 4.74 Å². The monoisotopic (exact) mass is 513 g/mol. The molecule has 8 nitrogen and oxygen atoms in total. The van der Waals surface area contributed by atoms with E-state index >= 15 is 0 Å². The number of nitrogens with zero attached hydrogens (tertiary/aromatic N) is 5. The van der Waals surface area contributed by atoms with Gasteiger partial charge < -0.3 is 19.4 Å². The molecule has 0 unspecified atom stereocenters. The second kappa shape index (κ2) is 11.6. The van der Waals surface area contributed by atoms with Crippen LogP contribution in [0.5, 0.6) is 5.75 Å². The molecular weight excluding hydrogens is 478 g/mol. The van der Waals surface area contributed by atoms with Crippen molar-refractivity contribution in [1.29, 1.82) is 0 Å². The number of rotatable bonds is 8. The SMILES string of the molecule is COc1cccc(-c2ccc(N3CCCN(C(=O)CN(CC4CC4)C(=O)c4ccccc4C)CC3)nn2)c1. The maximum Gasteiger partial charge on any atom is 0.254 e. The summed E-state index contributed by atoms with van der Waals surface area (Å²) in [7, 11) is 1.65. The molecule has 38 heavy (non-hydrogen) atoms. The Kier molecular flexibility index (Phi) is 7.86. The predicted molar refractivity (Wildman–Crippen MR) is 147 cm³/mol. The summed E-state index contributed by atoms with van der Waals surface area (Å²) in [5, 5.41) is 8.92. The number of methoxy groups -OCH3 is 1. The zero-order chi connectivity index (χ0) is 26.5. The maximum absolute atomic E-state index is 13.4. The molecule has 0 atom stereocenters. The summed E-state index contributed by atoms with van der Waals surface area (Å²) in [6.07, 6.45) is 3.09. The van der Waals surface area contributed by atoms with E-state index in [1.165, 1.54) is 0 Å². The zero-order valence-electron chi connectivity index (χ0n) is 22.2. The van der Waals surface area contributed by atoms with Crippen LogP contribution in [0.1, 0.15) is 35.2 Å². The minimum atomic E-state index is -0.0498. The van der Waals surface area contributed by atoms with Crippen molar-refractivity contribution in [3.05, 3.63) is 71.8 Å². The van der Waals surface area contributed by atoms with Gasteiger partial charge in [-0.25, -0.2) is 0 Å². The Morgan fingerprint density at radius 2 is 1.82 bits per heavy atom. The van der Waals surface area contributed by atoms with E-state index in [-0.39, 0.29) is 18.4 Å². The molecule has 0 bridgehead atoms. The molecule has 1 aromatic heterocycles. The molecule has 2 heterocycles. The number of benzene rings is 2. The first-order valence-corrected chi connectivity index (χ1v) is 13.4. The van der Waals surface area contributed by atoms with Gasteiger partial charge in [0.25, 0.3) is 5.91 Å². The van der Waals surface area contributed by atoms with Crippen LogP contribution in [0.25, 0.3) is 11.3 Å². The van der Waals surface area contributed by atoms with Gasteiger partial charge in [-0.1, -0.05) is 30.3 Å². The number of carbonyl (C=O) groups excluding carboxylic acids is 2. The van der Waals surface area contributed by atoms with Gasteiger partial charge in [-0.05, 0) is 68.0 Å². The van der Waals surface area contributed by atoms with E-state index in [2.05, 4.69) is 15.1 Å². The molecular formula is C30H35N5O3. The number of anilines is 1. The summed E-state index contributed by atoms with van der Waals surface area (Å²) in [6.45, 7) is 5.44.